The summed E-state index contributed by atoms with van der Waals surface area (Å²) in [5.74, 6) is 6.10. The van der Waals surface area contributed by atoms with Crippen LogP contribution in [0.4, 0.5) is 10.6 Å². The van der Waals surface area contributed by atoms with Gasteiger partial charge in [-0.05, 0) is 31.9 Å². The van der Waals surface area contributed by atoms with Gasteiger partial charge in [-0.1, -0.05) is 12.0 Å². The molecule has 0 unspecified atom stereocenters. The van der Waals surface area contributed by atoms with Gasteiger partial charge in [0.2, 0.25) is 0 Å². The molecule has 0 spiro atoms. The van der Waals surface area contributed by atoms with Gasteiger partial charge in [-0.25, -0.2) is 9.78 Å². The summed E-state index contributed by atoms with van der Waals surface area (Å²) in [4.78, 5) is 17.7. The Labute approximate surface area is 113 Å². The summed E-state index contributed by atoms with van der Waals surface area (Å²) in [5.41, 5.74) is 0.575. The first kappa shape index (κ1) is 15.0. The molecule has 5 heteroatoms. The predicted octanol–water partition coefficient (Wildman–Crippen LogP) is 1.69. The van der Waals surface area contributed by atoms with Gasteiger partial charge in [-0.15, -0.1) is 0 Å². The van der Waals surface area contributed by atoms with Crippen molar-refractivity contribution in [3.8, 4) is 11.8 Å². The zero-order valence-electron chi connectivity index (χ0n) is 11.3. The van der Waals surface area contributed by atoms with Crippen molar-refractivity contribution in [2.75, 3.05) is 25.0 Å². The minimum atomic E-state index is -0.169. The number of hydrogen-bond acceptors (Lipinski definition) is 3. The van der Waals surface area contributed by atoms with Crippen LogP contribution in [-0.4, -0.2) is 40.7 Å². The highest BCUT2D eigenvalue weighted by Gasteiger charge is 2.09. The molecule has 1 aromatic heterocycles. The molecule has 0 atom stereocenters. The van der Waals surface area contributed by atoms with E-state index in [1.165, 1.54) is 0 Å². The minimum absolute atomic E-state index is 0.0331. The maximum Gasteiger partial charge on any atom is 0.322 e. The van der Waals surface area contributed by atoms with Crippen LogP contribution in [0.3, 0.4) is 0 Å². The van der Waals surface area contributed by atoms with Gasteiger partial charge in [0.15, 0.2) is 0 Å². The van der Waals surface area contributed by atoms with Crippen LogP contribution in [0.15, 0.2) is 18.2 Å². The first-order valence-corrected chi connectivity index (χ1v) is 6.34. The molecule has 0 aliphatic heterocycles. The number of amides is 2. The average molecular weight is 261 g/mol. The van der Waals surface area contributed by atoms with Crippen LogP contribution in [-0.2, 0) is 0 Å². The Hall–Kier alpha value is -2.06. The Morgan fingerprint density at radius 2 is 2.16 bits per heavy atom. The Balaban J connectivity index is 2.72. The molecule has 1 heterocycles. The van der Waals surface area contributed by atoms with Crippen LogP contribution in [0.5, 0.6) is 0 Å². The summed E-state index contributed by atoms with van der Waals surface area (Å²) in [6.07, 6.45) is 0.414. The van der Waals surface area contributed by atoms with Gasteiger partial charge in [-0.2, -0.15) is 0 Å². The van der Waals surface area contributed by atoms with Gasteiger partial charge < -0.3 is 10.0 Å². The van der Waals surface area contributed by atoms with Crippen LogP contribution in [0, 0.1) is 11.8 Å². The van der Waals surface area contributed by atoms with Crippen molar-refractivity contribution in [1.82, 2.24) is 9.88 Å². The van der Waals surface area contributed by atoms with E-state index in [0.717, 1.165) is 0 Å². The van der Waals surface area contributed by atoms with Crippen molar-refractivity contribution >= 4 is 11.8 Å². The molecule has 2 N–H and O–H groups in total. The van der Waals surface area contributed by atoms with E-state index in [2.05, 4.69) is 22.1 Å². The number of urea groups is 1. The van der Waals surface area contributed by atoms with E-state index in [1.807, 2.05) is 13.8 Å². The molecule has 19 heavy (non-hydrogen) atoms. The van der Waals surface area contributed by atoms with Crippen molar-refractivity contribution < 1.29 is 9.90 Å². The number of carbonyl (C=O) groups excluding carboxylic acids is 1. The molecule has 2 amide bonds. The van der Waals surface area contributed by atoms with Crippen molar-refractivity contribution in [1.29, 1.82) is 0 Å². The predicted molar refractivity (Wildman–Crippen MR) is 74.8 cm³/mol. The molecular formula is C14H19N3O2. The highest BCUT2D eigenvalue weighted by molar-refractivity contribution is 5.88. The van der Waals surface area contributed by atoms with E-state index in [0.29, 0.717) is 31.0 Å². The number of nitrogens with zero attached hydrogens (tertiary/aromatic N) is 2. The summed E-state index contributed by atoms with van der Waals surface area (Å²) in [6.45, 7) is 5.18. The van der Waals surface area contributed by atoms with Crippen LogP contribution in [0.1, 0.15) is 26.0 Å². The zero-order valence-corrected chi connectivity index (χ0v) is 11.3. The van der Waals surface area contributed by atoms with E-state index in [1.54, 1.807) is 23.1 Å². The fraction of sp³-hybridized carbons (Fsp3) is 0.429. The molecule has 0 aliphatic rings. The third-order valence-electron chi connectivity index (χ3n) is 2.49. The lowest BCUT2D eigenvalue weighted by Gasteiger charge is -2.18. The minimum Gasteiger partial charge on any atom is -0.395 e. The molecule has 0 saturated carbocycles. The lowest BCUT2D eigenvalue weighted by molar-refractivity contribution is 0.217. The monoisotopic (exact) mass is 261 g/mol. The number of carbonyl (C=O) groups is 1. The number of anilines is 1. The fourth-order valence-corrected chi connectivity index (χ4v) is 1.48. The third-order valence-corrected chi connectivity index (χ3v) is 2.49. The van der Waals surface area contributed by atoms with Gasteiger partial charge in [0, 0.05) is 19.5 Å². The van der Waals surface area contributed by atoms with Crippen LogP contribution < -0.4 is 5.32 Å². The van der Waals surface area contributed by atoms with Crippen molar-refractivity contribution in [3.63, 3.8) is 0 Å². The summed E-state index contributed by atoms with van der Waals surface area (Å²) in [6, 6.07) is 5.10. The second-order valence-corrected chi connectivity index (χ2v) is 3.79. The van der Waals surface area contributed by atoms with Crippen molar-refractivity contribution in [3.05, 3.63) is 23.9 Å². The average Bonchev–Trinajstić information content (AvgIpc) is 2.41. The Kier molecular flexibility index (Phi) is 6.41. The normalized spacial score (nSPS) is 9.42. The first-order chi connectivity index (χ1) is 9.21. The van der Waals surface area contributed by atoms with Crippen molar-refractivity contribution in [2.24, 2.45) is 0 Å². The molecule has 1 rings (SSSR count). The third kappa shape index (κ3) is 4.98. The molecule has 5 nitrogen and oxygen atoms in total. The topological polar surface area (TPSA) is 65.5 Å². The fourth-order valence-electron chi connectivity index (χ4n) is 1.48. The maximum atomic E-state index is 11.9. The summed E-state index contributed by atoms with van der Waals surface area (Å²) in [5, 5.41) is 11.4. The standard InChI is InChI=1S/C14H19N3O2/c1-3-17(4-2)14(19)16-13-10-7-9-12(15-13)8-5-6-11-18/h7,9-10,18H,3-4,6,11H2,1-2H3,(H,15,16,19). The smallest absolute Gasteiger partial charge is 0.322 e. The molecule has 0 radical (unpaired) electrons. The SMILES string of the molecule is CCN(CC)C(=O)Nc1cccc(C#CCCO)n1. The van der Waals surface area contributed by atoms with E-state index in [4.69, 9.17) is 5.11 Å². The summed E-state index contributed by atoms with van der Waals surface area (Å²) >= 11 is 0. The Bertz CT molecular complexity index is 473. The number of aromatic nitrogens is 1. The molecule has 0 aliphatic carbocycles. The van der Waals surface area contributed by atoms with E-state index < -0.39 is 0 Å². The number of aliphatic hydroxyl groups excluding tert-OH is 1. The van der Waals surface area contributed by atoms with Crippen molar-refractivity contribution in [2.45, 2.75) is 20.3 Å². The van der Waals surface area contributed by atoms with Crippen LogP contribution >= 0.6 is 0 Å². The molecule has 0 saturated heterocycles. The van der Waals surface area contributed by atoms with Gasteiger partial charge >= 0.3 is 6.03 Å². The number of pyridine rings is 1. The highest BCUT2D eigenvalue weighted by Crippen LogP contribution is 2.05. The second kappa shape index (κ2) is 8.11. The van der Waals surface area contributed by atoms with Gasteiger partial charge in [0.25, 0.3) is 0 Å². The van der Waals surface area contributed by atoms with Crippen LogP contribution in [0.25, 0.3) is 0 Å². The Morgan fingerprint density at radius 1 is 1.42 bits per heavy atom. The van der Waals surface area contributed by atoms with E-state index >= 15 is 0 Å². The number of nitrogens with one attached hydrogen (secondary N) is 1. The van der Waals surface area contributed by atoms with E-state index in [9.17, 15) is 4.79 Å². The lowest BCUT2D eigenvalue weighted by atomic mass is 10.3. The number of hydrogen-bond donors (Lipinski definition) is 2. The summed E-state index contributed by atoms with van der Waals surface area (Å²) < 4.78 is 0. The largest absolute Gasteiger partial charge is 0.395 e. The number of rotatable bonds is 4. The molecule has 0 bridgehead atoms. The second-order valence-electron chi connectivity index (χ2n) is 3.79. The van der Waals surface area contributed by atoms with Crippen LogP contribution in [0.2, 0.25) is 0 Å². The molecular weight excluding hydrogens is 242 g/mol. The zero-order chi connectivity index (χ0) is 14.1. The summed E-state index contributed by atoms with van der Waals surface area (Å²) in [7, 11) is 0. The quantitative estimate of drug-likeness (QED) is 0.811. The molecule has 1 aromatic rings. The van der Waals surface area contributed by atoms with Gasteiger partial charge in [0.05, 0.1) is 6.61 Å². The molecule has 0 aromatic carbocycles. The maximum absolute atomic E-state index is 11.9. The first-order valence-electron chi connectivity index (χ1n) is 6.34. The highest BCUT2D eigenvalue weighted by atomic mass is 16.2. The van der Waals surface area contributed by atoms with Gasteiger partial charge in [-0.3, -0.25) is 5.32 Å². The lowest BCUT2D eigenvalue weighted by Crippen LogP contribution is -2.34. The molecule has 102 valence electrons. The number of aliphatic hydroxyl groups is 1. The molecule has 0 fully saturated rings. The Morgan fingerprint density at radius 3 is 2.79 bits per heavy atom. The van der Waals surface area contributed by atoms with E-state index in [-0.39, 0.29) is 12.6 Å². The van der Waals surface area contributed by atoms with Gasteiger partial charge in [0.1, 0.15) is 11.5 Å².